The molecule has 1 aliphatic carbocycles. The Morgan fingerprint density at radius 3 is 1.77 bits per heavy atom. The molecule has 7 unspecified atom stereocenters. The predicted molar refractivity (Wildman–Crippen MR) is 255 cm³/mol. The highest BCUT2D eigenvalue weighted by Gasteiger charge is 2.52. The number of amides is 3. The van der Waals surface area contributed by atoms with Crippen LogP contribution in [0.2, 0.25) is 0 Å². The van der Waals surface area contributed by atoms with Gasteiger partial charge in [0, 0.05) is 49.1 Å². The van der Waals surface area contributed by atoms with E-state index in [-0.39, 0.29) is 35.0 Å². The van der Waals surface area contributed by atoms with Crippen LogP contribution in [0.25, 0.3) is 0 Å². The number of rotatable bonds is 20. The summed E-state index contributed by atoms with van der Waals surface area (Å²) in [6.45, 7) is 17.7. The molecule has 66 heavy (non-hydrogen) atoms. The van der Waals surface area contributed by atoms with Gasteiger partial charge in [-0.15, -0.1) is 11.8 Å². The van der Waals surface area contributed by atoms with Gasteiger partial charge in [-0.25, -0.2) is 0 Å². The second-order valence-corrected chi connectivity index (χ2v) is 23.1. The molecule has 20 nitrogen and oxygen atoms in total. The van der Waals surface area contributed by atoms with Crippen LogP contribution in [0.15, 0.2) is 16.8 Å². The van der Waals surface area contributed by atoms with Gasteiger partial charge in [-0.3, -0.25) is 33.4 Å². The third-order valence-electron chi connectivity index (χ3n) is 10.3. The first kappa shape index (κ1) is 61.6. The number of ether oxygens (including phenoxy) is 3. The number of aliphatic hydroxyl groups is 7. The number of Topliss-reactive ketones (excluding diaryl/α,β-unsaturated/α-hetero) is 1. The smallest absolute Gasteiger partial charge is 0.297 e. The lowest BCUT2D eigenvalue weighted by atomic mass is 9.79. The number of nitrogens with one attached hydrogen (secondary N) is 3. The van der Waals surface area contributed by atoms with Crippen molar-refractivity contribution in [2.24, 2.45) is 10.9 Å². The van der Waals surface area contributed by atoms with E-state index >= 15 is 0 Å². The van der Waals surface area contributed by atoms with E-state index in [0.717, 1.165) is 17.9 Å². The number of ketones is 1. The van der Waals surface area contributed by atoms with Crippen molar-refractivity contribution in [2.45, 2.75) is 177 Å². The molecule has 23 heteroatoms. The summed E-state index contributed by atoms with van der Waals surface area (Å²) in [5.74, 6) is -1.33. The lowest BCUT2D eigenvalue weighted by molar-refractivity contribution is -0.916. The maximum atomic E-state index is 13.0. The van der Waals surface area contributed by atoms with Gasteiger partial charge in [0.1, 0.15) is 48.7 Å². The third-order valence-corrected chi connectivity index (χ3v) is 13.7. The molecular formula is C43H78N5O15S3+. The zero-order valence-corrected chi connectivity index (χ0v) is 43.0. The molecule has 0 radical (unpaired) electrons. The number of aliphatic hydroxyl groups excluding tert-OH is 7. The molecule has 2 fully saturated rings. The SMILES string of the molecule is CC(=O)N[C@@H](CSC(C)C)C(=O)NC1[C@@H](OC2C(O)C(O)C(C)C(O)[C@H]2O)OC(CO)[C@@H](O)[C@@H]1O.CC(=O)N[C@@H](CSC(C)C)C(C)=O.CC(C)SC1=NC=C(C[C@@H](OC=O)[N+](C)(C)C)C1. The average Bonchev–Trinajstić information content (AvgIpc) is 3.65. The van der Waals surface area contributed by atoms with Crippen molar-refractivity contribution in [1.82, 2.24) is 16.0 Å². The van der Waals surface area contributed by atoms with Crippen molar-refractivity contribution >= 4 is 70.3 Å². The molecule has 1 saturated carbocycles. The van der Waals surface area contributed by atoms with E-state index in [0.29, 0.717) is 27.2 Å². The highest BCUT2D eigenvalue weighted by molar-refractivity contribution is 8.14. The molecule has 0 bridgehead atoms. The first-order valence-corrected chi connectivity index (χ1v) is 24.9. The number of quaternary nitrogens is 1. The number of carbonyl (C=O) groups excluding carboxylic acids is 5. The second kappa shape index (κ2) is 29.6. The van der Waals surface area contributed by atoms with Crippen molar-refractivity contribution in [3.05, 3.63) is 11.8 Å². The molecule has 3 aliphatic rings. The Kier molecular flexibility index (Phi) is 27.6. The standard InChI is InChI=1S/C21H38N2O11S.C13H23N2O2S.C9H17NO2S/c1-7(2)35-6-10(22-9(4)25)20(32)23-12-16(29)15(28)11(5-24)33-21(12)34-19-17(30)13(26)8(3)14(27)18(19)31;1-10(2)18-12-6-11(8-14-12)7-13(17-9-16)15(3,4)5;1-6(2)13-5-9(7(3)11)10-8(4)12/h7-8,10-19,21,24,26-31H,5-6H2,1-4H3,(H,22,25)(H,23,32);8-10,13H,6-7H2,1-5H3;6,9H,5H2,1-4H3,(H,10,12)/q;+1;/t8?,10-,11?,12?,13?,14?,15+,16+,17+,18?,19?,21+;13-;9-/m010/s1. The molecule has 382 valence electrons. The molecule has 1 saturated heterocycles. The summed E-state index contributed by atoms with van der Waals surface area (Å²) in [6, 6.07) is -2.80. The third kappa shape index (κ3) is 21.1. The molecule has 3 amide bonds. The van der Waals surface area contributed by atoms with E-state index in [1.54, 1.807) is 23.5 Å². The van der Waals surface area contributed by atoms with E-state index in [1.807, 2.05) is 41.2 Å². The van der Waals surface area contributed by atoms with E-state index < -0.39 is 91.5 Å². The van der Waals surface area contributed by atoms with Crippen LogP contribution >= 0.6 is 35.3 Å². The first-order valence-electron chi connectivity index (χ1n) is 22.0. The molecule has 0 spiro atoms. The minimum atomic E-state index is -1.71. The van der Waals surface area contributed by atoms with Crippen molar-refractivity contribution in [3.8, 4) is 0 Å². The minimum Gasteiger partial charge on any atom is -0.414 e. The summed E-state index contributed by atoms with van der Waals surface area (Å²) in [5, 5.41) is 81.8. The molecule has 0 aromatic rings. The van der Waals surface area contributed by atoms with Crippen LogP contribution in [-0.2, 0) is 38.2 Å². The molecule has 2 heterocycles. The summed E-state index contributed by atoms with van der Waals surface area (Å²) in [7, 11) is 6.07. The summed E-state index contributed by atoms with van der Waals surface area (Å²) < 4.78 is 16.9. The fourth-order valence-corrected chi connectivity index (χ4v) is 9.20. The monoisotopic (exact) mass is 1000 g/mol. The normalized spacial score (nSPS) is 28.9. The molecule has 2 aliphatic heterocycles. The summed E-state index contributed by atoms with van der Waals surface area (Å²) in [5.41, 5.74) is 1.23. The number of carbonyl (C=O) groups is 5. The van der Waals surface area contributed by atoms with Crippen molar-refractivity contribution in [1.29, 1.82) is 0 Å². The van der Waals surface area contributed by atoms with Crippen LogP contribution in [0.3, 0.4) is 0 Å². The number of aliphatic imine (C=N–C) groups is 1. The quantitative estimate of drug-likeness (QED) is 0.0424. The van der Waals surface area contributed by atoms with Crippen LogP contribution in [0.1, 0.15) is 82.1 Å². The topological polar surface area (TPSA) is 303 Å². The fourth-order valence-electron chi connectivity index (χ4n) is 6.57. The zero-order valence-electron chi connectivity index (χ0n) is 40.5. The number of hydrogen-bond acceptors (Lipinski definition) is 19. The van der Waals surface area contributed by atoms with Crippen LogP contribution in [-0.4, -0.2) is 210 Å². The van der Waals surface area contributed by atoms with Crippen molar-refractivity contribution < 1.29 is 78.4 Å². The van der Waals surface area contributed by atoms with E-state index in [4.69, 9.17) is 14.2 Å². The number of hydrogen-bond donors (Lipinski definition) is 10. The van der Waals surface area contributed by atoms with Crippen LogP contribution in [0, 0.1) is 5.92 Å². The Hall–Kier alpha value is -2.39. The average molecular weight is 1000 g/mol. The van der Waals surface area contributed by atoms with Gasteiger partial charge in [-0.2, -0.15) is 23.5 Å². The zero-order chi connectivity index (χ0) is 50.8. The Morgan fingerprint density at radius 1 is 0.818 bits per heavy atom. The van der Waals surface area contributed by atoms with Crippen LogP contribution < -0.4 is 16.0 Å². The van der Waals surface area contributed by atoms with Crippen LogP contribution in [0.4, 0.5) is 0 Å². The summed E-state index contributed by atoms with van der Waals surface area (Å²) >= 11 is 4.87. The fraction of sp³-hybridized carbons (Fsp3) is 0.814. The van der Waals surface area contributed by atoms with Gasteiger partial charge in [0.15, 0.2) is 12.1 Å². The maximum Gasteiger partial charge on any atom is 0.297 e. The van der Waals surface area contributed by atoms with Crippen molar-refractivity contribution in [3.63, 3.8) is 0 Å². The van der Waals surface area contributed by atoms with Gasteiger partial charge >= 0.3 is 0 Å². The molecule has 0 aromatic carbocycles. The number of thioether (sulfide) groups is 3. The highest BCUT2D eigenvalue weighted by Crippen LogP contribution is 2.32. The summed E-state index contributed by atoms with van der Waals surface area (Å²) in [6.07, 6.45) is -10.7. The lowest BCUT2D eigenvalue weighted by Gasteiger charge is -2.47. The Balaban J connectivity index is 0.000000582. The molecule has 10 N–H and O–H groups in total. The Bertz CT molecular complexity index is 1590. The highest BCUT2D eigenvalue weighted by atomic mass is 32.2. The van der Waals surface area contributed by atoms with Gasteiger partial charge in [0.05, 0.1) is 57.5 Å². The lowest BCUT2D eigenvalue weighted by Crippen LogP contribution is -2.69. The van der Waals surface area contributed by atoms with E-state index in [1.165, 1.54) is 45.0 Å². The van der Waals surface area contributed by atoms with Gasteiger partial charge in [0.25, 0.3) is 6.47 Å². The van der Waals surface area contributed by atoms with Gasteiger partial charge in [-0.1, -0.05) is 48.5 Å². The second-order valence-electron chi connectivity index (χ2n) is 18.2. The number of nitrogens with zero attached hydrogens (tertiary/aromatic N) is 2. The van der Waals surface area contributed by atoms with E-state index in [2.05, 4.69) is 48.6 Å². The van der Waals surface area contributed by atoms with Gasteiger partial charge in [0.2, 0.25) is 23.9 Å². The van der Waals surface area contributed by atoms with Crippen LogP contribution in [0.5, 0.6) is 0 Å². The Morgan fingerprint density at radius 2 is 1.33 bits per heavy atom. The Labute approximate surface area is 402 Å². The van der Waals surface area contributed by atoms with Gasteiger partial charge < -0.3 is 65.9 Å². The molecular weight excluding hydrogens is 923 g/mol. The minimum absolute atomic E-state index is 0.0170. The molecule has 3 rings (SSSR count). The predicted octanol–water partition coefficient (Wildman–Crippen LogP) is -0.334. The first-order chi connectivity index (χ1) is 30.5. The van der Waals surface area contributed by atoms with E-state index in [9.17, 15) is 59.7 Å². The maximum absolute atomic E-state index is 13.0. The molecule has 14 atom stereocenters. The van der Waals surface area contributed by atoms with Gasteiger partial charge in [-0.05, 0) is 23.0 Å². The molecule has 0 aromatic heterocycles. The largest absolute Gasteiger partial charge is 0.414 e. The summed E-state index contributed by atoms with van der Waals surface area (Å²) in [4.78, 5) is 61.4. The van der Waals surface area contributed by atoms with Crippen molar-refractivity contribution in [2.75, 3.05) is 39.3 Å².